The predicted octanol–water partition coefficient (Wildman–Crippen LogP) is 5.59. The molecule has 0 spiro atoms. The number of fused-ring (bicyclic) bond motifs is 1. The van der Waals surface area contributed by atoms with Gasteiger partial charge in [-0.1, -0.05) is 48.5 Å². The summed E-state index contributed by atoms with van der Waals surface area (Å²) in [6.07, 6.45) is 0.949. The first-order chi connectivity index (χ1) is 14.2. The molecule has 0 amide bonds. The van der Waals surface area contributed by atoms with E-state index in [0.29, 0.717) is 22.7 Å². The summed E-state index contributed by atoms with van der Waals surface area (Å²) in [5, 5.41) is 4.86. The Labute approximate surface area is 173 Å². The van der Waals surface area contributed by atoms with Gasteiger partial charge in [-0.15, -0.1) is 0 Å². The van der Waals surface area contributed by atoms with E-state index in [1.165, 1.54) is 17.5 Å². The predicted molar refractivity (Wildman–Crippen MR) is 116 cm³/mol. The van der Waals surface area contributed by atoms with E-state index in [0.717, 1.165) is 28.3 Å². The summed E-state index contributed by atoms with van der Waals surface area (Å²) in [7, 11) is 3.29. The van der Waals surface area contributed by atoms with E-state index in [-0.39, 0.29) is 0 Å². The fraction of sp³-hybridized carbons (Fsp3) is 0.182. The van der Waals surface area contributed by atoms with E-state index in [4.69, 9.17) is 14.0 Å². The monoisotopic (exact) mass is 407 g/mol. The van der Waals surface area contributed by atoms with E-state index >= 15 is 0 Å². The number of aromatic nitrogens is 2. The summed E-state index contributed by atoms with van der Waals surface area (Å²) in [5.41, 5.74) is 3.39. The number of ether oxygens (including phenoxy) is 2. The summed E-state index contributed by atoms with van der Waals surface area (Å²) in [6.45, 7) is 2.12. The van der Waals surface area contributed by atoms with Crippen LogP contribution in [0.1, 0.15) is 12.5 Å². The second kappa shape index (κ2) is 8.45. The summed E-state index contributed by atoms with van der Waals surface area (Å²) < 4.78 is 19.8. The van der Waals surface area contributed by atoms with Crippen molar-refractivity contribution in [2.75, 3.05) is 18.9 Å². The largest absolute Gasteiger partial charge is 0.496 e. The molecule has 0 aliphatic carbocycles. The minimum Gasteiger partial charge on any atom is -0.496 e. The van der Waals surface area contributed by atoms with Gasteiger partial charge in [-0.2, -0.15) is 0 Å². The van der Waals surface area contributed by atoms with E-state index in [9.17, 15) is 0 Å². The first-order valence-electron chi connectivity index (χ1n) is 9.23. The lowest BCUT2D eigenvalue weighted by molar-refractivity contribution is 0.404. The number of nitrogens with zero attached hydrogens (tertiary/aromatic N) is 2. The molecule has 29 heavy (non-hydrogen) atoms. The lowest BCUT2D eigenvalue weighted by Crippen LogP contribution is -1.94. The Kier molecular flexibility index (Phi) is 5.57. The molecular weight excluding hydrogens is 386 g/mol. The van der Waals surface area contributed by atoms with Gasteiger partial charge in [0.15, 0.2) is 5.82 Å². The Balaban J connectivity index is 1.67. The van der Waals surface area contributed by atoms with Crippen LogP contribution < -0.4 is 14.2 Å². The highest BCUT2D eigenvalue weighted by Crippen LogP contribution is 2.38. The Morgan fingerprint density at radius 2 is 1.79 bits per heavy atom. The number of pyridine rings is 1. The van der Waals surface area contributed by atoms with Crippen molar-refractivity contribution < 1.29 is 14.0 Å². The average Bonchev–Trinajstić information content (AvgIpc) is 3.20. The highest BCUT2D eigenvalue weighted by molar-refractivity contribution is 8.00. The lowest BCUT2D eigenvalue weighted by Gasteiger charge is -2.10. The van der Waals surface area contributed by atoms with E-state index in [2.05, 4.69) is 33.9 Å². The lowest BCUT2D eigenvalue weighted by atomic mass is 10.1. The molecule has 0 bridgehead atoms. The molecule has 7 heteroatoms. The Bertz CT molecular complexity index is 1130. The van der Waals surface area contributed by atoms with Gasteiger partial charge in [0.05, 0.1) is 24.8 Å². The molecule has 6 nitrogen and oxygen atoms in total. The number of rotatable bonds is 7. The van der Waals surface area contributed by atoms with Crippen LogP contribution in [-0.4, -0.2) is 24.4 Å². The van der Waals surface area contributed by atoms with Crippen LogP contribution >= 0.6 is 11.9 Å². The van der Waals surface area contributed by atoms with Crippen LogP contribution in [0.25, 0.3) is 22.4 Å². The topological polar surface area (TPSA) is 69.4 Å². The molecule has 2 heterocycles. The van der Waals surface area contributed by atoms with E-state index in [1.54, 1.807) is 14.2 Å². The minimum atomic E-state index is 0.417. The van der Waals surface area contributed by atoms with Crippen LogP contribution in [-0.2, 0) is 6.42 Å². The van der Waals surface area contributed by atoms with Gasteiger partial charge in [0.2, 0.25) is 0 Å². The summed E-state index contributed by atoms with van der Waals surface area (Å²) in [4.78, 5) is 5.58. The van der Waals surface area contributed by atoms with Gasteiger partial charge in [0.1, 0.15) is 16.9 Å². The Morgan fingerprint density at radius 1 is 1.00 bits per heavy atom. The number of anilines is 1. The second-order valence-electron chi connectivity index (χ2n) is 6.33. The Morgan fingerprint density at radius 3 is 2.52 bits per heavy atom. The number of nitrogens with one attached hydrogen (secondary N) is 1. The molecule has 4 aromatic rings. The maximum Gasteiger partial charge on any atom is 0.264 e. The molecular formula is C22H21N3O3S. The first kappa shape index (κ1) is 19.1. The van der Waals surface area contributed by atoms with Gasteiger partial charge in [-0.25, -0.2) is 4.98 Å². The van der Waals surface area contributed by atoms with Crippen molar-refractivity contribution in [1.82, 2.24) is 10.1 Å². The quantitative estimate of drug-likeness (QED) is 0.401. The molecule has 148 valence electrons. The molecule has 0 fully saturated rings. The third kappa shape index (κ3) is 3.86. The molecule has 0 radical (unpaired) electrons. The maximum atomic E-state index is 5.61. The van der Waals surface area contributed by atoms with Gasteiger partial charge in [-0.3, -0.25) is 0 Å². The molecule has 0 aliphatic heterocycles. The highest BCUT2D eigenvalue weighted by atomic mass is 32.2. The Hall–Kier alpha value is -3.19. The first-order valence-corrected chi connectivity index (χ1v) is 10.0. The summed E-state index contributed by atoms with van der Waals surface area (Å²) in [6, 6.07) is 17.9. The van der Waals surface area contributed by atoms with Crippen molar-refractivity contribution in [1.29, 1.82) is 0 Å². The van der Waals surface area contributed by atoms with Crippen LogP contribution in [0.4, 0.5) is 5.82 Å². The number of hydrogen-bond donors (Lipinski definition) is 1. The van der Waals surface area contributed by atoms with Crippen molar-refractivity contribution in [3.63, 3.8) is 0 Å². The fourth-order valence-electron chi connectivity index (χ4n) is 3.03. The molecule has 0 saturated carbocycles. The zero-order valence-corrected chi connectivity index (χ0v) is 17.2. The number of methoxy groups -OCH3 is 2. The fourth-order valence-corrected chi connectivity index (χ4v) is 3.84. The molecule has 0 saturated heterocycles. The number of benzene rings is 2. The van der Waals surface area contributed by atoms with Crippen LogP contribution in [0.5, 0.6) is 11.5 Å². The van der Waals surface area contributed by atoms with Gasteiger partial charge in [-0.05, 0) is 36.1 Å². The van der Waals surface area contributed by atoms with Crippen LogP contribution in [0.15, 0.2) is 64.0 Å². The minimum absolute atomic E-state index is 0.417. The van der Waals surface area contributed by atoms with Crippen LogP contribution in [0.3, 0.4) is 0 Å². The number of hydrogen-bond acceptors (Lipinski definition) is 7. The van der Waals surface area contributed by atoms with Crippen molar-refractivity contribution in [3.05, 3.63) is 60.2 Å². The van der Waals surface area contributed by atoms with Gasteiger partial charge >= 0.3 is 0 Å². The van der Waals surface area contributed by atoms with Crippen LogP contribution in [0.2, 0.25) is 0 Å². The summed E-state index contributed by atoms with van der Waals surface area (Å²) in [5.74, 6) is 1.99. The van der Waals surface area contributed by atoms with Gasteiger partial charge in [0, 0.05) is 11.6 Å². The van der Waals surface area contributed by atoms with Crippen molar-refractivity contribution in [2.45, 2.75) is 18.2 Å². The highest BCUT2D eigenvalue weighted by Gasteiger charge is 2.18. The van der Waals surface area contributed by atoms with E-state index in [1.807, 2.05) is 42.5 Å². The van der Waals surface area contributed by atoms with Gasteiger partial charge < -0.3 is 18.7 Å². The molecule has 1 N–H and O–H groups in total. The molecule has 2 aromatic carbocycles. The number of aryl methyl sites for hydroxylation is 1. The standard InChI is InChI=1S/C22H21N3O3S/c1-4-14-10-11-17(26-2)19(12-14)29-25-21-20-18(27-3)13-16(23-22(20)28-24-21)15-8-6-5-7-9-15/h5-13H,4H2,1-3H3,(H,24,25). The zero-order chi connectivity index (χ0) is 20.2. The second-order valence-corrected chi connectivity index (χ2v) is 7.18. The third-order valence-electron chi connectivity index (χ3n) is 4.59. The normalized spacial score (nSPS) is 10.9. The van der Waals surface area contributed by atoms with Crippen LogP contribution in [0, 0.1) is 0 Å². The van der Waals surface area contributed by atoms with Crippen molar-refractivity contribution >= 4 is 28.9 Å². The molecule has 0 unspecified atom stereocenters. The van der Waals surface area contributed by atoms with Crippen molar-refractivity contribution in [2.24, 2.45) is 0 Å². The smallest absolute Gasteiger partial charge is 0.264 e. The molecule has 4 rings (SSSR count). The average molecular weight is 407 g/mol. The maximum absolute atomic E-state index is 5.61. The van der Waals surface area contributed by atoms with Gasteiger partial charge in [0.25, 0.3) is 5.71 Å². The molecule has 2 aromatic heterocycles. The third-order valence-corrected chi connectivity index (χ3v) is 5.43. The SMILES string of the molecule is CCc1ccc(OC)c(SNc2noc3nc(-c4ccccc4)cc(OC)c23)c1. The summed E-state index contributed by atoms with van der Waals surface area (Å²) >= 11 is 1.41. The molecule has 0 atom stereocenters. The zero-order valence-electron chi connectivity index (χ0n) is 16.4. The van der Waals surface area contributed by atoms with Crippen molar-refractivity contribution in [3.8, 4) is 22.8 Å². The molecule has 0 aliphatic rings. The van der Waals surface area contributed by atoms with E-state index < -0.39 is 0 Å².